The molecule has 3 rings (SSSR count). The molecule has 2 aliphatic carbocycles. The maximum Gasteiger partial charge on any atom is 0.238 e. The van der Waals surface area contributed by atoms with Gasteiger partial charge in [-0.15, -0.1) is 0 Å². The Morgan fingerprint density at radius 1 is 1.11 bits per heavy atom. The third kappa shape index (κ3) is 2.42. The lowest BCUT2D eigenvalue weighted by molar-refractivity contribution is -0.135. The first-order chi connectivity index (χ1) is 9.09. The molecule has 1 aliphatic heterocycles. The first-order valence-electron chi connectivity index (χ1n) is 8.14. The van der Waals surface area contributed by atoms with E-state index in [-0.39, 0.29) is 5.41 Å². The zero-order valence-corrected chi connectivity index (χ0v) is 12.5. The Morgan fingerprint density at radius 2 is 1.79 bits per heavy atom. The number of nitrogens with one attached hydrogen (secondary N) is 1. The van der Waals surface area contributed by atoms with Crippen molar-refractivity contribution in [1.29, 1.82) is 0 Å². The van der Waals surface area contributed by atoms with Crippen molar-refractivity contribution in [2.75, 3.05) is 6.54 Å². The molecule has 1 N–H and O–H groups in total. The molecule has 2 saturated carbocycles. The average molecular weight is 264 g/mol. The van der Waals surface area contributed by atoms with Gasteiger partial charge in [0.25, 0.3) is 0 Å². The van der Waals surface area contributed by atoms with E-state index in [1.165, 1.54) is 51.4 Å². The van der Waals surface area contributed by atoms with Crippen LogP contribution >= 0.6 is 0 Å². The highest BCUT2D eigenvalue weighted by atomic mass is 16.2. The Bertz CT molecular complexity index is 347. The summed E-state index contributed by atoms with van der Waals surface area (Å²) >= 11 is 0. The van der Waals surface area contributed by atoms with Crippen LogP contribution in [-0.2, 0) is 4.79 Å². The van der Waals surface area contributed by atoms with Gasteiger partial charge in [-0.2, -0.15) is 0 Å². The summed E-state index contributed by atoms with van der Waals surface area (Å²) in [6.45, 7) is 5.27. The van der Waals surface area contributed by atoms with Crippen LogP contribution < -0.4 is 5.32 Å². The highest BCUT2D eigenvalue weighted by Gasteiger charge is 2.46. The van der Waals surface area contributed by atoms with E-state index in [1.807, 2.05) is 0 Å². The molecule has 19 heavy (non-hydrogen) atoms. The second kappa shape index (κ2) is 5.08. The van der Waals surface area contributed by atoms with Crippen LogP contribution in [-0.4, -0.2) is 29.6 Å². The summed E-state index contributed by atoms with van der Waals surface area (Å²) in [5.41, 5.74) is 0.288. The van der Waals surface area contributed by atoms with E-state index in [9.17, 15) is 4.79 Å². The third-order valence-corrected chi connectivity index (χ3v) is 5.68. The van der Waals surface area contributed by atoms with Gasteiger partial charge < -0.3 is 4.90 Å². The minimum atomic E-state index is 0.288. The second-order valence-electron chi connectivity index (χ2n) is 7.42. The number of nitrogens with zero attached hydrogens (tertiary/aromatic N) is 1. The lowest BCUT2D eigenvalue weighted by atomic mass is 9.72. The van der Waals surface area contributed by atoms with Crippen molar-refractivity contribution in [2.45, 2.75) is 77.4 Å². The topological polar surface area (TPSA) is 32.3 Å². The summed E-state index contributed by atoms with van der Waals surface area (Å²) in [6.07, 6.45) is 10.7. The van der Waals surface area contributed by atoms with E-state index in [4.69, 9.17) is 0 Å². The molecule has 2 atom stereocenters. The van der Waals surface area contributed by atoms with Crippen molar-refractivity contribution in [3.05, 3.63) is 0 Å². The molecule has 3 heteroatoms. The molecule has 1 amide bonds. The van der Waals surface area contributed by atoms with Crippen LogP contribution in [0.2, 0.25) is 0 Å². The largest absolute Gasteiger partial charge is 0.322 e. The molecule has 0 aromatic rings. The molecule has 3 fully saturated rings. The Balaban J connectivity index is 1.80. The fraction of sp³-hybridized carbons (Fsp3) is 0.938. The standard InChI is InChI=1S/C16H28N2O/c1-16(2)10-6-5-9-13(16)18-14(19)11-17-15(18)12-7-3-4-8-12/h12-13,15,17H,3-11H2,1-2H3. The van der Waals surface area contributed by atoms with Gasteiger partial charge in [-0.3, -0.25) is 10.1 Å². The summed E-state index contributed by atoms with van der Waals surface area (Å²) in [5, 5.41) is 3.51. The van der Waals surface area contributed by atoms with Crippen LogP contribution in [0.4, 0.5) is 0 Å². The Labute approximate surface area is 117 Å². The number of amides is 1. The van der Waals surface area contributed by atoms with Crippen molar-refractivity contribution in [2.24, 2.45) is 11.3 Å². The number of hydrogen-bond donors (Lipinski definition) is 1. The number of carbonyl (C=O) groups excluding carboxylic acids is 1. The van der Waals surface area contributed by atoms with Gasteiger partial charge >= 0.3 is 0 Å². The average Bonchev–Trinajstić information content (AvgIpc) is 2.98. The van der Waals surface area contributed by atoms with E-state index in [0.717, 1.165) is 0 Å². The van der Waals surface area contributed by atoms with Crippen LogP contribution in [0.3, 0.4) is 0 Å². The molecule has 108 valence electrons. The van der Waals surface area contributed by atoms with Crippen molar-refractivity contribution < 1.29 is 4.79 Å². The summed E-state index contributed by atoms with van der Waals surface area (Å²) in [7, 11) is 0. The molecule has 0 radical (unpaired) electrons. The SMILES string of the molecule is CC1(C)CCCCC1N1C(=O)CNC1C1CCCC1. The lowest BCUT2D eigenvalue weighted by Crippen LogP contribution is -2.54. The van der Waals surface area contributed by atoms with Crippen LogP contribution in [0.1, 0.15) is 65.2 Å². The van der Waals surface area contributed by atoms with Crippen LogP contribution in [0.25, 0.3) is 0 Å². The molecule has 3 aliphatic rings. The van der Waals surface area contributed by atoms with Crippen molar-refractivity contribution in [3.63, 3.8) is 0 Å². The van der Waals surface area contributed by atoms with Gasteiger partial charge in [-0.25, -0.2) is 0 Å². The first kappa shape index (κ1) is 13.4. The highest BCUT2D eigenvalue weighted by molar-refractivity contribution is 5.81. The first-order valence-corrected chi connectivity index (χ1v) is 8.14. The zero-order chi connectivity index (χ0) is 13.5. The third-order valence-electron chi connectivity index (χ3n) is 5.68. The van der Waals surface area contributed by atoms with E-state index >= 15 is 0 Å². The van der Waals surface area contributed by atoms with Gasteiger partial charge in [0, 0.05) is 6.04 Å². The number of hydrogen-bond acceptors (Lipinski definition) is 2. The van der Waals surface area contributed by atoms with Crippen LogP contribution in [0.15, 0.2) is 0 Å². The molecule has 0 aromatic heterocycles. The lowest BCUT2D eigenvalue weighted by Gasteiger charge is -2.47. The molecular formula is C16H28N2O. The van der Waals surface area contributed by atoms with Gasteiger partial charge in [0.05, 0.1) is 12.7 Å². The summed E-state index contributed by atoms with van der Waals surface area (Å²) in [6, 6.07) is 0.453. The predicted octanol–water partition coefficient (Wildman–Crippen LogP) is 2.90. The molecule has 3 nitrogen and oxygen atoms in total. The van der Waals surface area contributed by atoms with Gasteiger partial charge in [0.2, 0.25) is 5.91 Å². The van der Waals surface area contributed by atoms with Crippen molar-refractivity contribution >= 4 is 5.91 Å². The van der Waals surface area contributed by atoms with Gasteiger partial charge in [-0.1, -0.05) is 39.5 Å². The summed E-state index contributed by atoms with van der Waals surface area (Å²) in [4.78, 5) is 14.7. The van der Waals surface area contributed by atoms with E-state index < -0.39 is 0 Å². The van der Waals surface area contributed by atoms with Crippen LogP contribution in [0, 0.1) is 11.3 Å². The normalized spacial score (nSPS) is 36.1. The molecule has 1 saturated heterocycles. The van der Waals surface area contributed by atoms with Crippen molar-refractivity contribution in [3.8, 4) is 0 Å². The maximum absolute atomic E-state index is 12.4. The minimum absolute atomic E-state index is 0.288. The molecule has 1 heterocycles. The fourth-order valence-corrected chi connectivity index (χ4v) is 4.56. The minimum Gasteiger partial charge on any atom is -0.322 e. The van der Waals surface area contributed by atoms with E-state index in [0.29, 0.717) is 30.6 Å². The van der Waals surface area contributed by atoms with Gasteiger partial charge in [0.1, 0.15) is 0 Å². The van der Waals surface area contributed by atoms with Crippen molar-refractivity contribution in [1.82, 2.24) is 10.2 Å². The Morgan fingerprint density at radius 3 is 2.47 bits per heavy atom. The molecule has 2 unspecified atom stereocenters. The van der Waals surface area contributed by atoms with Crippen LogP contribution in [0.5, 0.6) is 0 Å². The van der Waals surface area contributed by atoms with Gasteiger partial charge in [-0.05, 0) is 37.0 Å². The number of rotatable bonds is 2. The monoisotopic (exact) mass is 264 g/mol. The molecular weight excluding hydrogens is 236 g/mol. The Kier molecular flexibility index (Phi) is 3.59. The molecule has 0 aromatic carbocycles. The zero-order valence-electron chi connectivity index (χ0n) is 12.5. The molecule has 0 bridgehead atoms. The van der Waals surface area contributed by atoms with E-state index in [2.05, 4.69) is 24.1 Å². The maximum atomic E-state index is 12.4. The van der Waals surface area contributed by atoms with E-state index in [1.54, 1.807) is 0 Å². The quantitative estimate of drug-likeness (QED) is 0.831. The Hall–Kier alpha value is -0.570. The molecule has 0 spiro atoms. The smallest absolute Gasteiger partial charge is 0.238 e. The predicted molar refractivity (Wildman–Crippen MR) is 76.6 cm³/mol. The fourth-order valence-electron chi connectivity index (χ4n) is 4.56. The summed E-state index contributed by atoms with van der Waals surface area (Å²) < 4.78 is 0. The summed E-state index contributed by atoms with van der Waals surface area (Å²) in [5.74, 6) is 1.04. The number of carbonyl (C=O) groups is 1. The highest BCUT2D eigenvalue weighted by Crippen LogP contribution is 2.42. The van der Waals surface area contributed by atoms with Gasteiger partial charge in [0.15, 0.2) is 0 Å². The second-order valence-corrected chi connectivity index (χ2v) is 7.42.